The van der Waals surface area contributed by atoms with Crippen molar-refractivity contribution in [1.82, 2.24) is 15.5 Å². The van der Waals surface area contributed by atoms with Gasteiger partial charge in [-0.25, -0.2) is 9.59 Å². The standard InChI is InChI=1S/C25H27ClN4O4/c1-25(2,3)34-24(32)28-20(14-16-8-6-5-7-9-16)21-15-19(22(26)30-29-21)17-10-12-18(13-11-17)27-23(31)33-4/h5-13,15,20H,14H2,1-4H3,(H,27,31)(H,28,32)/t20-/m0/s1. The Bertz CT molecular complexity index is 1130. The van der Waals surface area contributed by atoms with Crippen molar-refractivity contribution in [3.8, 4) is 11.1 Å². The van der Waals surface area contributed by atoms with E-state index in [0.717, 1.165) is 11.1 Å². The van der Waals surface area contributed by atoms with Gasteiger partial charge in [0.2, 0.25) is 0 Å². The van der Waals surface area contributed by atoms with E-state index in [0.29, 0.717) is 23.4 Å². The number of benzene rings is 2. The van der Waals surface area contributed by atoms with E-state index in [1.54, 1.807) is 51.1 Å². The number of nitrogens with one attached hydrogen (secondary N) is 2. The van der Waals surface area contributed by atoms with Crippen molar-refractivity contribution in [3.63, 3.8) is 0 Å². The number of aromatic nitrogens is 2. The summed E-state index contributed by atoms with van der Waals surface area (Å²) >= 11 is 6.36. The molecule has 0 saturated heterocycles. The summed E-state index contributed by atoms with van der Waals surface area (Å²) in [5.74, 6) is 0. The van der Waals surface area contributed by atoms with Crippen molar-refractivity contribution in [2.24, 2.45) is 0 Å². The Kier molecular flexibility index (Phi) is 8.07. The topological polar surface area (TPSA) is 102 Å². The molecule has 9 heteroatoms. The van der Waals surface area contributed by atoms with Gasteiger partial charge in [-0.2, -0.15) is 5.10 Å². The fraction of sp³-hybridized carbons (Fsp3) is 0.280. The van der Waals surface area contributed by atoms with Gasteiger partial charge in [0.1, 0.15) is 5.60 Å². The lowest BCUT2D eigenvalue weighted by Crippen LogP contribution is -2.36. The molecule has 2 amide bonds. The van der Waals surface area contributed by atoms with E-state index in [2.05, 4.69) is 25.6 Å². The fourth-order valence-electron chi connectivity index (χ4n) is 3.20. The molecular weight excluding hydrogens is 456 g/mol. The van der Waals surface area contributed by atoms with E-state index in [4.69, 9.17) is 16.3 Å². The Morgan fingerprint density at radius 3 is 2.29 bits per heavy atom. The lowest BCUT2D eigenvalue weighted by molar-refractivity contribution is 0.0502. The zero-order valence-electron chi connectivity index (χ0n) is 19.5. The minimum Gasteiger partial charge on any atom is -0.453 e. The molecule has 0 saturated carbocycles. The van der Waals surface area contributed by atoms with Crippen LogP contribution in [0.4, 0.5) is 15.3 Å². The lowest BCUT2D eigenvalue weighted by Gasteiger charge is -2.23. The number of alkyl carbamates (subject to hydrolysis) is 1. The Balaban J connectivity index is 1.91. The summed E-state index contributed by atoms with van der Waals surface area (Å²) in [7, 11) is 1.30. The molecule has 1 atom stereocenters. The summed E-state index contributed by atoms with van der Waals surface area (Å²) in [6.45, 7) is 5.41. The van der Waals surface area contributed by atoms with Gasteiger partial charge in [-0.3, -0.25) is 5.32 Å². The summed E-state index contributed by atoms with van der Waals surface area (Å²) < 4.78 is 10.1. The van der Waals surface area contributed by atoms with Crippen LogP contribution in [0.2, 0.25) is 5.15 Å². The number of methoxy groups -OCH3 is 1. The van der Waals surface area contributed by atoms with Crippen LogP contribution in [0.15, 0.2) is 60.7 Å². The zero-order chi connectivity index (χ0) is 24.7. The SMILES string of the molecule is COC(=O)Nc1ccc(-c2cc([C@H](Cc3ccccc3)NC(=O)OC(C)(C)C)nnc2Cl)cc1. The van der Waals surface area contributed by atoms with E-state index in [9.17, 15) is 9.59 Å². The Morgan fingerprint density at radius 1 is 1.00 bits per heavy atom. The van der Waals surface area contributed by atoms with Crippen LogP contribution in [-0.2, 0) is 15.9 Å². The predicted molar refractivity (Wildman–Crippen MR) is 131 cm³/mol. The van der Waals surface area contributed by atoms with Gasteiger partial charge in [0, 0.05) is 11.3 Å². The molecule has 1 heterocycles. The summed E-state index contributed by atoms with van der Waals surface area (Å²) in [6.07, 6.45) is -0.627. The van der Waals surface area contributed by atoms with Gasteiger partial charge in [-0.15, -0.1) is 5.10 Å². The molecule has 3 aromatic rings. The van der Waals surface area contributed by atoms with Gasteiger partial charge in [-0.05, 0) is 56.5 Å². The number of halogens is 1. The molecule has 2 N–H and O–H groups in total. The number of carbonyl (C=O) groups is 2. The maximum Gasteiger partial charge on any atom is 0.411 e. The number of amides is 2. The van der Waals surface area contributed by atoms with Gasteiger partial charge >= 0.3 is 12.2 Å². The van der Waals surface area contributed by atoms with Crippen LogP contribution in [0.1, 0.15) is 38.1 Å². The number of hydrogen-bond acceptors (Lipinski definition) is 6. The molecule has 0 unspecified atom stereocenters. The second-order valence-electron chi connectivity index (χ2n) is 8.56. The molecule has 0 spiro atoms. The molecule has 0 fully saturated rings. The third-order valence-corrected chi connectivity index (χ3v) is 5.01. The Hall–Kier alpha value is -3.65. The molecule has 34 heavy (non-hydrogen) atoms. The van der Waals surface area contributed by atoms with E-state index in [1.807, 2.05) is 30.3 Å². The van der Waals surface area contributed by atoms with E-state index in [-0.39, 0.29) is 5.15 Å². The highest BCUT2D eigenvalue weighted by Gasteiger charge is 2.23. The largest absolute Gasteiger partial charge is 0.453 e. The van der Waals surface area contributed by atoms with E-state index in [1.165, 1.54) is 7.11 Å². The highest BCUT2D eigenvalue weighted by molar-refractivity contribution is 6.32. The first-order valence-electron chi connectivity index (χ1n) is 10.7. The van der Waals surface area contributed by atoms with Crippen molar-refractivity contribution in [1.29, 1.82) is 0 Å². The van der Waals surface area contributed by atoms with E-state index >= 15 is 0 Å². The van der Waals surface area contributed by atoms with Crippen LogP contribution in [0, 0.1) is 0 Å². The zero-order valence-corrected chi connectivity index (χ0v) is 20.2. The number of carbonyl (C=O) groups excluding carboxylic acids is 2. The van der Waals surface area contributed by atoms with Crippen molar-refractivity contribution in [2.75, 3.05) is 12.4 Å². The molecule has 0 aliphatic carbocycles. The summed E-state index contributed by atoms with van der Waals surface area (Å²) in [4.78, 5) is 24.0. The fourth-order valence-corrected chi connectivity index (χ4v) is 3.40. The Morgan fingerprint density at radius 2 is 1.68 bits per heavy atom. The normalized spacial score (nSPS) is 11.9. The number of rotatable bonds is 6. The highest BCUT2D eigenvalue weighted by atomic mass is 35.5. The van der Waals surface area contributed by atoms with Gasteiger partial charge in [0.25, 0.3) is 0 Å². The highest BCUT2D eigenvalue weighted by Crippen LogP contribution is 2.30. The third-order valence-electron chi connectivity index (χ3n) is 4.73. The lowest BCUT2D eigenvalue weighted by atomic mass is 10.0. The number of nitrogens with zero attached hydrogens (tertiary/aromatic N) is 2. The second-order valence-corrected chi connectivity index (χ2v) is 8.91. The third kappa shape index (κ3) is 7.18. The predicted octanol–water partition coefficient (Wildman–Crippen LogP) is 5.78. The van der Waals surface area contributed by atoms with Crippen molar-refractivity contribution < 1.29 is 19.1 Å². The van der Waals surface area contributed by atoms with Gasteiger partial charge in [-0.1, -0.05) is 54.1 Å². The number of hydrogen-bond donors (Lipinski definition) is 2. The minimum atomic E-state index is -0.641. The monoisotopic (exact) mass is 482 g/mol. The molecule has 3 rings (SSSR count). The van der Waals surface area contributed by atoms with Crippen LogP contribution in [0.25, 0.3) is 11.1 Å². The summed E-state index contributed by atoms with van der Waals surface area (Å²) in [6, 6.07) is 18.1. The second kappa shape index (κ2) is 11.0. The van der Waals surface area contributed by atoms with Crippen LogP contribution in [0.5, 0.6) is 0 Å². The molecule has 2 aromatic carbocycles. The van der Waals surface area contributed by atoms with Gasteiger partial charge < -0.3 is 14.8 Å². The van der Waals surface area contributed by atoms with Crippen molar-refractivity contribution in [2.45, 2.75) is 38.8 Å². The van der Waals surface area contributed by atoms with Crippen molar-refractivity contribution >= 4 is 29.5 Å². The first-order valence-corrected chi connectivity index (χ1v) is 11.0. The maximum atomic E-state index is 12.6. The molecule has 0 bridgehead atoms. The summed E-state index contributed by atoms with van der Waals surface area (Å²) in [5.41, 5.74) is 2.89. The summed E-state index contributed by atoms with van der Waals surface area (Å²) in [5, 5.41) is 14.1. The first kappa shape index (κ1) is 25.0. The van der Waals surface area contributed by atoms with Crippen LogP contribution < -0.4 is 10.6 Å². The Labute approximate surface area is 203 Å². The van der Waals surface area contributed by atoms with Crippen LogP contribution in [-0.4, -0.2) is 35.1 Å². The van der Waals surface area contributed by atoms with Crippen LogP contribution in [0.3, 0.4) is 0 Å². The molecule has 0 aliphatic rings. The number of ether oxygens (including phenoxy) is 2. The molecule has 0 aliphatic heterocycles. The average molecular weight is 483 g/mol. The van der Waals surface area contributed by atoms with Gasteiger partial charge in [0.15, 0.2) is 5.15 Å². The van der Waals surface area contributed by atoms with Gasteiger partial charge in [0.05, 0.1) is 18.8 Å². The molecule has 8 nitrogen and oxygen atoms in total. The minimum absolute atomic E-state index is 0.216. The maximum absolute atomic E-state index is 12.6. The average Bonchev–Trinajstić information content (AvgIpc) is 2.79. The quantitative estimate of drug-likeness (QED) is 0.461. The molecule has 178 valence electrons. The smallest absolute Gasteiger partial charge is 0.411 e. The molecule has 1 aromatic heterocycles. The first-order chi connectivity index (χ1) is 16.1. The number of anilines is 1. The molecule has 0 radical (unpaired) electrons. The van der Waals surface area contributed by atoms with E-state index < -0.39 is 23.8 Å². The van der Waals surface area contributed by atoms with Crippen LogP contribution >= 0.6 is 11.6 Å². The van der Waals surface area contributed by atoms with Crippen molar-refractivity contribution in [3.05, 3.63) is 77.1 Å². The molecular formula is C25H27ClN4O4.